The van der Waals surface area contributed by atoms with Crippen LogP contribution in [0.3, 0.4) is 0 Å². The maximum atomic E-state index is 13.0. The molecule has 18 heavy (non-hydrogen) atoms. The molecule has 94 valence electrons. The second-order valence-electron chi connectivity index (χ2n) is 3.72. The first-order chi connectivity index (χ1) is 8.66. The molecule has 1 aromatic carbocycles. The molecule has 0 radical (unpaired) electrons. The third-order valence-corrected chi connectivity index (χ3v) is 3.05. The summed E-state index contributed by atoms with van der Waals surface area (Å²) in [6.45, 7) is 0.443. The third-order valence-electron chi connectivity index (χ3n) is 2.41. The fourth-order valence-electron chi connectivity index (χ4n) is 1.49. The molecular formula is C12H12FN3OS. The predicted octanol–water partition coefficient (Wildman–Crippen LogP) is 1.84. The van der Waals surface area contributed by atoms with E-state index in [1.54, 1.807) is 5.51 Å². The summed E-state index contributed by atoms with van der Waals surface area (Å²) in [6.07, 6.45) is 0.643. The molecule has 0 atom stereocenters. The van der Waals surface area contributed by atoms with E-state index in [4.69, 9.17) is 5.73 Å². The number of carbonyl (C=O) groups is 1. The lowest BCUT2D eigenvalue weighted by Gasteiger charge is -2.06. The van der Waals surface area contributed by atoms with Crippen LogP contribution in [0.25, 0.3) is 0 Å². The number of hydrogen-bond donors (Lipinski definition) is 2. The van der Waals surface area contributed by atoms with Crippen LogP contribution in [0.2, 0.25) is 0 Å². The van der Waals surface area contributed by atoms with Crippen molar-refractivity contribution >= 4 is 22.9 Å². The van der Waals surface area contributed by atoms with Crippen LogP contribution >= 0.6 is 11.3 Å². The third kappa shape index (κ3) is 3.04. The Morgan fingerprint density at radius 1 is 1.50 bits per heavy atom. The number of amides is 1. The van der Waals surface area contributed by atoms with E-state index in [0.29, 0.717) is 13.0 Å². The van der Waals surface area contributed by atoms with Gasteiger partial charge >= 0.3 is 0 Å². The highest BCUT2D eigenvalue weighted by Crippen LogP contribution is 2.13. The zero-order chi connectivity index (χ0) is 13.0. The summed E-state index contributed by atoms with van der Waals surface area (Å²) in [5.41, 5.74) is 8.71. The average molecular weight is 265 g/mol. The highest BCUT2D eigenvalue weighted by atomic mass is 32.1. The van der Waals surface area contributed by atoms with E-state index in [9.17, 15) is 9.18 Å². The van der Waals surface area contributed by atoms with Crippen molar-refractivity contribution in [2.45, 2.75) is 6.42 Å². The first-order valence-electron chi connectivity index (χ1n) is 5.37. The van der Waals surface area contributed by atoms with E-state index in [0.717, 1.165) is 11.8 Å². The zero-order valence-corrected chi connectivity index (χ0v) is 10.3. The van der Waals surface area contributed by atoms with E-state index in [-0.39, 0.29) is 17.2 Å². The number of anilines is 1. The molecule has 0 saturated heterocycles. The maximum Gasteiger partial charge on any atom is 0.253 e. The SMILES string of the molecule is Nc1ccc(F)cc1C(=O)NCCc1cscn1. The Bertz CT molecular complexity index is 542. The Hall–Kier alpha value is -1.95. The van der Waals surface area contributed by atoms with E-state index < -0.39 is 5.82 Å². The van der Waals surface area contributed by atoms with Crippen LogP contribution in [0.4, 0.5) is 10.1 Å². The standard InChI is InChI=1S/C12H12FN3OS/c13-8-1-2-11(14)10(5-8)12(17)15-4-3-9-6-18-7-16-9/h1-2,5-7H,3-4,14H2,(H,15,17). The molecule has 0 unspecified atom stereocenters. The quantitative estimate of drug-likeness (QED) is 0.829. The fraction of sp³-hybridized carbons (Fsp3) is 0.167. The molecule has 0 saturated carbocycles. The monoisotopic (exact) mass is 265 g/mol. The van der Waals surface area contributed by atoms with Gasteiger partial charge in [-0.1, -0.05) is 0 Å². The Morgan fingerprint density at radius 3 is 3.06 bits per heavy atom. The van der Waals surface area contributed by atoms with E-state index in [1.807, 2.05) is 5.38 Å². The van der Waals surface area contributed by atoms with Gasteiger partial charge in [-0.25, -0.2) is 9.37 Å². The van der Waals surface area contributed by atoms with Crippen LogP contribution in [0.5, 0.6) is 0 Å². The first kappa shape index (κ1) is 12.5. The van der Waals surface area contributed by atoms with Gasteiger partial charge in [0.05, 0.1) is 16.8 Å². The molecule has 1 aromatic heterocycles. The number of nitrogens with zero attached hydrogens (tertiary/aromatic N) is 1. The largest absolute Gasteiger partial charge is 0.398 e. The molecule has 2 aromatic rings. The summed E-state index contributed by atoms with van der Waals surface area (Å²) in [6, 6.07) is 3.74. The molecule has 1 amide bonds. The lowest BCUT2D eigenvalue weighted by atomic mass is 10.1. The highest BCUT2D eigenvalue weighted by Gasteiger charge is 2.10. The van der Waals surface area contributed by atoms with Crippen LogP contribution in [0.1, 0.15) is 16.1 Å². The van der Waals surface area contributed by atoms with Crippen molar-refractivity contribution in [3.8, 4) is 0 Å². The number of carbonyl (C=O) groups excluding carboxylic acids is 1. The number of hydrogen-bond acceptors (Lipinski definition) is 4. The van der Waals surface area contributed by atoms with Crippen molar-refractivity contribution in [1.82, 2.24) is 10.3 Å². The van der Waals surface area contributed by atoms with Crippen LogP contribution in [0.15, 0.2) is 29.1 Å². The van der Waals surface area contributed by atoms with Gasteiger partial charge in [0.2, 0.25) is 0 Å². The minimum absolute atomic E-state index is 0.160. The lowest BCUT2D eigenvalue weighted by molar-refractivity contribution is 0.0954. The van der Waals surface area contributed by atoms with Crippen molar-refractivity contribution in [2.75, 3.05) is 12.3 Å². The number of nitrogen functional groups attached to an aromatic ring is 1. The summed E-state index contributed by atoms with van der Waals surface area (Å²) in [5, 5.41) is 4.60. The Balaban J connectivity index is 1.93. The number of benzene rings is 1. The number of thiazole rings is 1. The molecule has 6 heteroatoms. The lowest BCUT2D eigenvalue weighted by Crippen LogP contribution is -2.26. The van der Waals surface area contributed by atoms with Gasteiger partial charge < -0.3 is 11.1 Å². The normalized spacial score (nSPS) is 10.3. The molecule has 0 bridgehead atoms. The van der Waals surface area contributed by atoms with E-state index in [2.05, 4.69) is 10.3 Å². The molecule has 0 aliphatic heterocycles. The fourth-order valence-corrected chi connectivity index (χ4v) is 2.08. The highest BCUT2D eigenvalue weighted by molar-refractivity contribution is 7.07. The molecule has 0 spiro atoms. The van der Waals surface area contributed by atoms with Crippen molar-refractivity contribution in [3.63, 3.8) is 0 Å². The molecule has 4 nitrogen and oxygen atoms in total. The number of aromatic nitrogens is 1. The molecular weight excluding hydrogens is 253 g/mol. The maximum absolute atomic E-state index is 13.0. The average Bonchev–Trinajstić information content (AvgIpc) is 2.85. The number of rotatable bonds is 4. The van der Waals surface area contributed by atoms with Gasteiger partial charge in [-0.15, -0.1) is 11.3 Å². The van der Waals surface area contributed by atoms with Crippen molar-refractivity contribution in [1.29, 1.82) is 0 Å². The zero-order valence-electron chi connectivity index (χ0n) is 9.52. The summed E-state index contributed by atoms with van der Waals surface area (Å²) < 4.78 is 13.0. The molecule has 0 aliphatic carbocycles. The van der Waals surface area contributed by atoms with Crippen LogP contribution in [0, 0.1) is 5.82 Å². The summed E-state index contributed by atoms with van der Waals surface area (Å²) in [4.78, 5) is 15.9. The second-order valence-corrected chi connectivity index (χ2v) is 4.44. The smallest absolute Gasteiger partial charge is 0.253 e. The Kier molecular flexibility index (Phi) is 3.88. The van der Waals surface area contributed by atoms with Crippen molar-refractivity contribution in [3.05, 3.63) is 46.2 Å². The summed E-state index contributed by atoms with van der Waals surface area (Å²) >= 11 is 1.51. The van der Waals surface area contributed by atoms with Gasteiger partial charge in [0, 0.05) is 24.0 Å². The van der Waals surface area contributed by atoms with Crippen LogP contribution in [-0.2, 0) is 6.42 Å². The van der Waals surface area contributed by atoms with Crippen LogP contribution in [-0.4, -0.2) is 17.4 Å². The minimum atomic E-state index is -0.478. The Labute approximate surface area is 108 Å². The van der Waals surface area contributed by atoms with E-state index in [1.165, 1.54) is 23.5 Å². The topological polar surface area (TPSA) is 68.0 Å². The molecule has 0 aliphatic rings. The summed E-state index contributed by atoms with van der Waals surface area (Å²) in [5.74, 6) is -0.851. The number of nitrogens with two attached hydrogens (primary N) is 1. The molecule has 2 rings (SSSR count). The number of nitrogens with one attached hydrogen (secondary N) is 1. The molecule has 1 heterocycles. The predicted molar refractivity (Wildman–Crippen MR) is 69.0 cm³/mol. The van der Waals surface area contributed by atoms with Crippen molar-refractivity contribution < 1.29 is 9.18 Å². The van der Waals surface area contributed by atoms with Crippen LogP contribution < -0.4 is 11.1 Å². The van der Waals surface area contributed by atoms with Gasteiger partial charge in [0.15, 0.2) is 0 Å². The molecule has 3 N–H and O–H groups in total. The van der Waals surface area contributed by atoms with Gasteiger partial charge in [0.1, 0.15) is 5.82 Å². The summed E-state index contributed by atoms with van der Waals surface area (Å²) in [7, 11) is 0. The van der Waals surface area contributed by atoms with Gasteiger partial charge in [-0.2, -0.15) is 0 Å². The van der Waals surface area contributed by atoms with Crippen molar-refractivity contribution in [2.24, 2.45) is 0 Å². The van der Waals surface area contributed by atoms with Gasteiger partial charge in [-0.05, 0) is 18.2 Å². The van der Waals surface area contributed by atoms with E-state index >= 15 is 0 Å². The Morgan fingerprint density at radius 2 is 2.33 bits per heavy atom. The number of halogens is 1. The second kappa shape index (κ2) is 5.59. The van der Waals surface area contributed by atoms with Gasteiger partial charge in [0.25, 0.3) is 5.91 Å². The minimum Gasteiger partial charge on any atom is -0.398 e. The molecule has 0 fully saturated rings. The van der Waals surface area contributed by atoms with Gasteiger partial charge in [-0.3, -0.25) is 4.79 Å². The first-order valence-corrected chi connectivity index (χ1v) is 6.31.